The lowest BCUT2D eigenvalue weighted by atomic mass is 10.4. The molecule has 0 aromatic rings. The maximum atomic E-state index is 10.7. The quantitative estimate of drug-likeness (QED) is 0.751. The van der Waals surface area contributed by atoms with Crippen LogP contribution >= 0.6 is 0 Å². The lowest BCUT2D eigenvalue weighted by Gasteiger charge is -2.05. The zero-order valence-corrected chi connectivity index (χ0v) is 12.9. The van der Waals surface area contributed by atoms with Gasteiger partial charge in [0.1, 0.15) is 6.29 Å². The highest BCUT2D eigenvalue weighted by Gasteiger charge is 2.02. The van der Waals surface area contributed by atoms with E-state index in [0.29, 0.717) is 6.29 Å². The molecule has 0 saturated carbocycles. The Morgan fingerprint density at radius 2 is 1.53 bits per heavy atom. The van der Waals surface area contributed by atoms with Gasteiger partial charge in [-0.15, -0.1) is 0 Å². The van der Waals surface area contributed by atoms with Gasteiger partial charge in [0.15, 0.2) is 0 Å². The fraction of sp³-hybridized carbons (Fsp3) is 0.846. The fourth-order valence-corrected chi connectivity index (χ4v) is 0.500. The Morgan fingerprint density at radius 3 is 1.76 bits per heavy atom. The van der Waals surface area contributed by atoms with Crippen molar-refractivity contribution in [1.82, 2.24) is 10.6 Å². The Bertz CT molecular complexity index is 139. The van der Waals surface area contributed by atoms with E-state index < -0.39 is 0 Å². The summed E-state index contributed by atoms with van der Waals surface area (Å²) in [5, 5.41) is 5.13. The molecule has 4 nitrogen and oxygen atoms in total. The molecule has 0 rings (SSSR count). The molecular weight excluding hydrogens is 216 g/mol. The second-order valence-electron chi connectivity index (χ2n) is 2.73. The minimum absolute atomic E-state index is 0.165. The van der Waals surface area contributed by atoms with Gasteiger partial charge in [-0.1, -0.05) is 48.0 Å². The monoisotopic (exact) mass is 248 g/mol. The summed E-state index contributed by atoms with van der Waals surface area (Å²) in [7, 11) is 1.67. The second kappa shape index (κ2) is 29.4. The average Bonchev–Trinajstić information content (AvgIpc) is 2.35. The van der Waals surface area contributed by atoms with Gasteiger partial charge in [-0.25, -0.2) is 0 Å². The first-order valence-corrected chi connectivity index (χ1v) is 6.51. The molecule has 0 aliphatic heterocycles. The number of rotatable bonds is 4. The van der Waals surface area contributed by atoms with Crippen molar-refractivity contribution in [3.63, 3.8) is 0 Å². The van der Waals surface area contributed by atoms with Crippen molar-refractivity contribution in [2.45, 2.75) is 60.9 Å². The molecule has 4 heteroatoms. The van der Waals surface area contributed by atoms with Crippen molar-refractivity contribution < 1.29 is 9.59 Å². The number of carbonyl (C=O) groups is 2. The van der Waals surface area contributed by atoms with E-state index in [1.807, 2.05) is 27.7 Å². The van der Waals surface area contributed by atoms with Crippen LogP contribution in [0.3, 0.4) is 0 Å². The molecule has 1 unspecified atom stereocenters. The minimum atomic E-state index is -0.388. The molecule has 0 aliphatic carbocycles. The summed E-state index contributed by atoms with van der Waals surface area (Å²) < 4.78 is 0. The molecule has 0 spiro atoms. The molecule has 0 radical (unpaired) electrons. The zero-order chi connectivity index (χ0) is 14.7. The number of nitrogens with one attached hydrogen (secondary N) is 2. The third-order valence-electron chi connectivity index (χ3n) is 0.930. The molecule has 0 bridgehead atoms. The SMILES string of the molecule is CC.CC.CCC.CNCC(=O)NC(C)C=O. The first-order chi connectivity index (χ1) is 8.12. The number of amides is 1. The average molecular weight is 248 g/mol. The van der Waals surface area contributed by atoms with Gasteiger partial charge in [0.25, 0.3) is 0 Å². The van der Waals surface area contributed by atoms with Crippen LogP contribution in [0.2, 0.25) is 0 Å². The van der Waals surface area contributed by atoms with Gasteiger partial charge in [0.05, 0.1) is 12.6 Å². The Balaban J connectivity index is -0.000000102. The summed E-state index contributed by atoms with van der Waals surface area (Å²) in [6.45, 7) is 14.1. The number of hydrogen-bond acceptors (Lipinski definition) is 3. The number of carbonyl (C=O) groups excluding carboxylic acids is 2. The van der Waals surface area contributed by atoms with E-state index in [-0.39, 0.29) is 18.5 Å². The van der Waals surface area contributed by atoms with Crippen molar-refractivity contribution in [2.75, 3.05) is 13.6 Å². The van der Waals surface area contributed by atoms with E-state index in [1.165, 1.54) is 6.42 Å². The van der Waals surface area contributed by atoms with Gasteiger partial charge in [0, 0.05) is 0 Å². The van der Waals surface area contributed by atoms with E-state index >= 15 is 0 Å². The van der Waals surface area contributed by atoms with Crippen LogP contribution in [0.25, 0.3) is 0 Å². The number of aldehydes is 1. The van der Waals surface area contributed by atoms with Gasteiger partial charge >= 0.3 is 0 Å². The molecule has 1 amide bonds. The summed E-state index contributed by atoms with van der Waals surface area (Å²) in [6.07, 6.45) is 1.94. The van der Waals surface area contributed by atoms with Crippen molar-refractivity contribution in [3.8, 4) is 0 Å². The van der Waals surface area contributed by atoms with Gasteiger partial charge in [-0.05, 0) is 14.0 Å². The Hall–Kier alpha value is -0.900. The van der Waals surface area contributed by atoms with E-state index in [9.17, 15) is 9.59 Å². The van der Waals surface area contributed by atoms with Gasteiger partial charge in [-0.2, -0.15) is 0 Å². The maximum absolute atomic E-state index is 10.7. The largest absolute Gasteiger partial charge is 0.346 e. The first kappa shape index (κ1) is 25.1. The summed E-state index contributed by atoms with van der Waals surface area (Å²) in [5.41, 5.74) is 0. The summed E-state index contributed by atoms with van der Waals surface area (Å²) >= 11 is 0. The molecule has 0 aromatic heterocycles. The topological polar surface area (TPSA) is 58.2 Å². The third-order valence-corrected chi connectivity index (χ3v) is 0.930. The summed E-state index contributed by atoms with van der Waals surface area (Å²) in [6, 6.07) is -0.388. The van der Waals surface area contributed by atoms with Crippen LogP contribution in [0.4, 0.5) is 0 Å². The van der Waals surface area contributed by atoms with Gasteiger partial charge in [-0.3, -0.25) is 4.79 Å². The molecule has 1 atom stereocenters. The van der Waals surface area contributed by atoms with Crippen LogP contribution in [0.5, 0.6) is 0 Å². The van der Waals surface area contributed by atoms with Crippen LogP contribution in [0, 0.1) is 0 Å². The van der Waals surface area contributed by atoms with Crippen molar-refractivity contribution in [3.05, 3.63) is 0 Å². The predicted molar refractivity (Wildman–Crippen MR) is 76.3 cm³/mol. The Kier molecular flexibility index (Phi) is 43.4. The fourth-order valence-electron chi connectivity index (χ4n) is 0.500. The highest BCUT2D eigenvalue weighted by molar-refractivity contribution is 5.81. The van der Waals surface area contributed by atoms with Crippen LogP contribution in [0.1, 0.15) is 54.9 Å². The van der Waals surface area contributed by atoms with E-state index in [4.69, 9.17) is 0 Å². The van der Waals surface area contributed by atoms with Crippen molar-refractivity contribution in [2.24, 2.45) is 0 Å². The van der Waals surface area contributed by atoms with Gasteiger partial charge in [0.2, 0.25) is 5.91 Å². The normalized spacial score (nSPS) is 8.94. The summed E-state index contributed by atoms with van der Waals surface area (Å²) in [5.74, 6) is -0.165. The molecule has 0 saturated heterocycles. The Morgan fingerprint density at radius 1 is 1.18 bits per heavy atom. The molecule has 106 valence electrons. The smallest absolute Gasteiger partial charge is 0.234 e. The van der Waals surface area contributed by atoms with Crippen LogP contribution < -0.4 is 10.6 Å². The Labute approximate surface area is 108 Å². The lowest BCUT2D eigenvalue weighted by Crippen LogP contribution is -2.38. The highest BCUT2D eigenvalue weighted by Crippen LogP contribution is 1.72. The first-order valence-electron chi connectivity index (χ1n) is 6.51. The molecule has 0 aliphatic rings. The van der Waals surface area contributed by atoms with Crippen LogP contribution in [0.15, 0.2) is 0 Å². The third kappa shape index (κ3) is 39.5. The minimum Gasteiger partial charge on any atom is -0.346 e. The van der Waals surface area contributed by atoms with E-state index in [1.54, 1.807) is 14.0 Å². The van der Waals surface area contributed by atoms with Crippen molar-refractivity contribution >= 4 is 12.2 Å². The molecule has 17 heavy (non-hydrogen) atoms. The van der Waals surface area contributed by atoms with E-state index in [0.717, 1.165) is 0 Å². The molecule has 2 N–H and O–H groups in total. The maximum Gasteiger partial charge on any atom is 0.234 e. The van der Waals surface area contributed by atoms with E-state index in [2.05, 4.69) is 24.5 Å². The lowest BCUT2D eigenvalue weighted by molar-refractivity contribution is -0.122. The molecule has 0 aromatic carbocycles. The molecule has 0 fully saturated rings. The van der Waals surface area contributed by atoms with Crippen molar-refractivity contribution in [1.29, 1.82) is 0 Å². The number of likely N-dealkylation sites (N-methyl/N-ethyl adjacent to an activating group) is 1. The summed E-state index contributed by atoms with van der Waals surface area (Å²) in [4.78, 5) is 20.7. The standard InChI is InChI=1S/C6H12N2O2.C3H8.2C2H6/c1-5(4-9)8-6(10)3-7-2;1-3-2;2*1-2/h4-5,7H,3H2,1-2H3,(H,8,10);3H2,1-2H3;2*1-2H3. The van der Waals surface area contributed by atoms with Gasteiger partial charge < -0.3 is 15.4 Å². The van der Waals surface area contributed by atoms with Crippen LogP contribution in [-0.2, 0) is 9.59 Å². The van der Waals surface area contributed by atoms with Crippen LogP contribution in [-0.4, -0.2) is 31.8 Å². The second-order valence-corrected chi connectivity index (χ2v) is 2.73. The number of hydrogen-bond donors (Lipinski definition) is 2. The zero-order valence-electron chi connectivity index (χ0n) is 12.9. The highest BCUT2D eigenvalue weighted by atomic mass is 16.2. The molecular formula is C13H32N2O2. The predicted octanol–water partition coefficient (Wildman–Crippen LogP) is 2.38. The molecule has 0 heterocycles.